The van der Waals surface area contributed by atoms with Crippen molar-refractivity contribution in [2.45, 2.75) is 51.7 Å². The lowest BCUT2D eigenvalue weighted by molar-refractivity contribution is 0.0393. The van der Waals surface area contributed by atoms with Gasteiger partial charge in [0.2, 0.25) is 0 Å². The topological polar surface area (TPSA) is 41.5 Å². The van der Waals surface area contributed by atoms with Gasteiger partial charge in [0, 0.05) is 19.2 Å². The molecule has 15 heavy (non-hydrogen) atoms. The average Bonchev–Trinajstić information content (AvgIpc) is 2.27. The monoisotopic (exact) mass is 215 g/mol. The second-order valence-corrected chi connectivity index (χ2v) is 4.62. The first-order valence-corrected chi connectivity index (χ1v) is 6.23. The zero-order valence-corrected chi connectivity index (χ0v) is 10.0. The molecule has 1 aliphatic heterocycles. The van der Waals surface area contributed by atoms with Crippen molar-refractivity contribution in [3.05, 3.63) is 0 Å². The predicted molar refractivity (Wildman–Crippen MR) is 61.9 cm³/mol. The zero-order valence-electron chi connectivity index (χ0n) is 10.0. The minimum Gasteiger partial charge on any atom is -0.392 e. The van der Waals surface area contributed by atoms with Crippen molar-refractivity contribution in [2.75, 3.05) is 19.8 Å². The van der Waals surface area contributed by atoms with Gasteiger partial charge in [-0.05, 0) is 32.1 Å². The summed E-state index contributed by atoms with van der Waals surface area (Å²) in [6, 6.07) is 0.455. The SMILES string of the molecule is CCCC(O)CNC(C)C1CCCOC1. The summed E-state index contributed by atoms with van der Waals surface area (Å²) in [5.41, 5.74) is 0. The molecule has 0 aliphatic carbocycles. The molecule has 0 aromatic carbocycles. The molecule has 0 aromatic rings. The van der Waals surface area contributed by atoms with Gasteiger partial charge in [-0.3, -0.25) is 0 Å². The van der Waals surface area contributed by atoms with Gasteiger partial charge < -0.3 is 15.2 Å². The third kappa shape index (κ3) is 4.96. The van der Waals surface area contributed by atoms with Crippen LogP contribution in [0.15, 0.2) is 0 Å². The van der Waals surface area contributed by atoms with Gasteiger partial charge in [0.05, 0.1) is 12.7 Å². The molecule has 3 heteroatoms. The van der Waals surface area contributed by atoms with Gasteiger partial charge in [-0.25, -0.2) is 0 Å². The Hall–Kier alpha value is -0.120. The lowest BCUT2D eigenvalue weighted by Gasteiger charge is -2.29. The van der Waals surface area contributed by atoms with E-state index in [4.69, 9.17) is 4.74 Å². The van der Waals surface area contributed by atoms with Crippen molar-refractivity contribution in [2.24, 2.45) is 5.92 Å². The Balaban J connectivity index is 2.13. The van der Waals surface area contributed by atoms with Gasteiger partial charge in [-0.15, -0.1) is 0 Å². The first-order chi connectivity index (χ1) is 7.24. The second-order valence-electron chi connectivity index (χ2n) is 4.62. The summed E-state index contributed by atoms with van der Waals surface area (Å²) in [5, 5.41) is 13.0. The molecular formula is C12H25NO2. The first-order valence-electron chi connectivity index (χ1n) is 6.23. The zero-order chi connectivity index (χ0) is 11.1. The molecule has 0 amide bonds. The Bertz CT molecular complexity index is 158. The first kappa shape index (κ1) is 12.9. The number of hydrogen-bond donors (Lipinski definition) is 2. The van der Waals surface area contributed by atoms with Gasteiger partial charge in [0.25, 0.3) is 0 Å². The quantitative estimate of drug-likeness (QED) is 0.706. The van der Waals surface area contributed by atoms with E-state index in [-0.39, 0.29) is 6.10 Å². The van der Waals surface area contributed by atoms with E-state index >= 15 is 0 Å². The Kier molecular flexibility index (Phi) is 6.22. The van der Waals surface area contributed by atoms with E-state index < -0.39 is 0 Å². The number of hydrogen-bond acceptors (Lipinski definition) is 3. The number of aliphatic hydroxyl groups excluding tert-OH is 1. The van der Waals surface area contributed by atoms with E-state index in [0.717, 1.165) is 26.1 Å². The highest BCUT2D eigenvalue weighted by molar-refractivity contribution is 4.75. The fourth-order valence-corrected chi connectivity index (χ4v) is 2.08. The molecule has 1 rings (SSSR count). The van der Waals surface area contributed by atoms with Gasteiger partial charge in [0.15, 0.2) is 0 Å². The van der Waals surface area contributed by atoms with Crippen molar-refractivity contribution in [1.29, 1.82) is 0 Å². The van der Waals surface area contributed by atoms with Crippen molar-refractivity contribution in [3.8, 4) is 0 Å². The molecule has 2 N–H and O–H groups in total. The van der Waals surface area contributed by atoms with Gasteiger partial charge in [-0.2, -0.15) is 0 Å². The van der Waals surface area contributed by atoms with E-state index in [1.54, 1.807) is 0 Å². The molecule has 0 spiro atoms. The van der Waals surface area contributed by atoms with Crippen LogP contribution in [0.3, 0.4) is 0 Å². The third-order valence-corrected chi connectivity index (χ3v) is 3.20. The van der Waals surface area contributed by atoms with Crippen LogP contribution >= 0.6 is 0 Å². The van der Waals surface area contributed by atoms with E-state index in [9.17, 15) is 5.11 Å². The Labute approximate surface area is 93.2 Å². The van der Waals surface area contributed by atoms with E-state index in [2.05, 4.69) is 19.2 Å². The van der Waals surface area contributed by atoms with E-state index in [0.29, 0.717) is 18.5 Å². The predicted octanol–water partition coefficient (Wildman–Crippen LogP) is 1.55. The maximum atomic E-state index is 9.60. The molecule has 1 heterocycles. The average molecular weight is 215 g/mol. The highest BCUT2D eigenvalue weighted by atomic mass is 16.5. The summed E-state index contributed by atoms with van der Waals surface area (Å²) >= 11 is 0. The molecule has 0 saturated carbocycles. The van der Waals surface area contributed by atoms with Crippen LogP contribution in [0.5, 0.6) is 0 Å². The van der Waals surface area contributed by atoms with Crippen LogP contribution in [0, 0.1) is 5.92 Å². The molecule has 3 nitrogen and oxygen atoms in total. The smallest absolute Gasteiger partial charge is 0.0664 e. The Morgan fingerprint density at radius 2 is 2.33 bits per heavy atom. The van der Waals surface area contributed by atoms with Crippen LogP contribution in [-0.2, 0) is 4.74 Å². The second kappa shape index (κ2) is 7.20. The number of rotatable bonds is 6. The van der Waals surface area contributed by atoms with Gasteiger partial charge in [0.1, 0.15) is 0 Å². The molecule has 3 unspecified atom stereocenters. The van der Waals surface area contributed by atoms with Crippen molar-refractivity contribution in [1.82, 2.24) is 5.32 Å². The lowest BCUT2D eigenvalue weighted by Crippen LogP contribution is -2.41. The van der Waals surface area contributed by atoms with Crippen LogP contribution in [0.2, 0.25) is 0 Å². The minimum absolute atomic E-state index is 0.193. The number of nitrogens with one attached hydrogen (secondary N) is 1. The molecule has 3 atom stereocenters. The summed E-state index contributed by atoms with van der Waals surface area (Å²) in [7, 11) is 0. The summed E-state index contributed by atoms with van der Waals surface area (Å²) in [6.45, 7) is 6.80. The molecule has 90 valence electrons. The van der Waals surface area contributed by atoms with E-state index in [1.807, 2.05) is 0 Å². The van der Waals surface area contributed by atoms with Gasteiger partial charge in [-0.1, -0.05) is 13.3 Å². The Morgan fingerprint density at radius 3 is 2.93 bits per heavy atom. The normalized spacial score (nSPS) is 26.2. The van der Waals surface area contributed by atoms with Gasteiger partial charge >= 0.3 is 0 Å². The molecule has 0 radical (unpaired) electrons. The lowest BCUT2D eigenvalue weighted by atomic mass is 9.95. The largest absolute Gasteiger partial charge is 0.392 e. The van der Waals surface area contributed by atoms with Crippen LogP contribution in [0.1, 0.15) is 39.5 Å². The van der Waals surface area contributed by atoms with Crippen molar-refractivity contribution in [3.63, 3.8) is 0 Å². The summed E-state index contributed by atoms with van der Waals surface area (Å²) in [6.07, 6.45) is 4.17. The Morgan fingerprint density at radius 1 is 1.53 bits per heavy atom. The molecule has 0 aromatic heterocycles. The summed E-state index contributed by atoms with van der Waals surface area (Å²) in [5.74, 6) is 0.618. The van der Waals surface area contributed by atoms with Crippen molar-refractivity contribution >= 4 is 0 Å². The third-order valence-electron chi connectivity index (χ3n) is 3.20. The highest BCUT2D eigenvalue weighted by Crippen LogP contribution is 2.17. The van der Waals surface area contributed by atoms with Crippen LogP contribution in [0.25, 0.3) is 0 Å². The van der Waals surface area contributed by atoms with E-state index in [1.165, 1.54) is 12.8 Å². The minimum atomic E-state index is -0.193. The molecule has 0 bridgehead atoms. The van der Waals surface area contributed by atoms with Crippen molar-refractivity contribution < 1.29 is 9.84 Å². The number of aliphatic hydroxyl groups is 1. The fraction of sp³-hybridized carbons (Fsp3) is 1.00. The number of ether oxygens (including phenoxy) is 1. The summed E-state index contributed by atoms with van der Waals surface area (Å²) < 4.78 is 5.46. The molecule has 1 aliphatic rings. The summed E-state index contributed by atoms with van der Waals surface area (Å²) in [4.78, 5) is 0. The van der Waals surface area contributed by atoms with Crippen LogP contribution in [0.4, 0.5) is 0 Å². The van der Waals surface area contributed by atoms with Crippen LogP contribution < -0.4 is 5.32 Å². The maximum Gasteiger partial charge on any atom is 0.0664 e. The fourth-order valence-electron chi connectivity index (χ4n) is 2.08. The molecule has 1 saturated heterocycles. The van der Waals surface area contributed by atoms with Crippen LogP contribution in [-0.4, -0.2) is 37.0 Å². The molecule has 1 fully saturated rings. The molecular weight excluding hydrogens is 190 g/mol. The highest BCUT2D eigenvalue weighted by Gasteiger charge is 2.20. The maximum absolute atomic E-state index is 9.60. The standard InChI is InChI=1S/C12H25NO2/c1-3-5-12(14)8-13-10(2)11-6-4-7-15-9-11/h10-14H,3-9H2,1-2H3.